The molecule has 10 heteroatoms. The zero-order valence-corrected chi connectivity index (χ0v) is 23.4. The summed E-state index contributed by atoms with van der Waals surface area (Å²) in [5, 5.41) is 13.0. The molecule has 3 aromatic rings. The van der Waals surface area contributed by atoms with Crippen LogP contribution in [0.2, 0.25) is 5.02 Å². The van der Waals surface area contributed by atoms with Crippen LogP contribution in [0.25, 0.3) is 11.3 Å². The van der Waals surface area contributed by atoms with E-state index in [-0.39, 0.29) is 36.8 Å². The van der Waals surface area contributed by atoms with Crippen molar-refractivity contribution >= 4 is 23.6 Å². The van der Waals surface area contributed by atoms with Crippen molar-refractivity contribution in [1.29, 1.82) is 0 Å². The average Bonchev–Trinajstić information content (AvgIpc) is 3.50. The second kappa shape index (κ2) is 12.5. The van der Waals surface area contributed by atoms with Crippen LogP contribution in [0.3, 0.4) is 0 Å². The summed E-state index contributed by atoms with van der Waals surface area (Å²) >= 11 is 6.30. The van der Waals surface area contributed by atoms with Gasteiger partial charge in [-0.25, -0.2) is 9.78 Å². The zero-order chi connectivity index (χ0) is 28.1. The third-order valence-electron chi connectivity index (χ3n) is 6.65. The number of carbonyl (C=O) groups is 2. The van der Waals surface area contributed by atoms with Gasteiger partial charge in [0.25, 0.3) is 5.91 Å². The van der Waals surface area contributed by atoms with Gasteiger partial charge in [0.2, 0.25) is 0 Å². The second-order valence-corrected chi connectivity index (χ2v) is 10.4. The molecule has 0 radical (unpaired) electrons. The fourth-order valence-electron chi connectivity index (χ4n) is 4.64. The fourth-order valence-corrected chi connectivity index (χ4v) is 4.87. The Morgan fingerprint density at radius 2 is 1.95 bits per heavy atom. The van der Waals surface area contributed by atoms with Crippen LogP contribution in [0.5, 0.6) is 5.75 Å². The van der Waals surface area contributed by atoms with Crippen LogP contribution in [0, 0.1) is 0 Å². The number of aromatic nitrogens is 2. The standard InChI is InChI=1S/C29H35ClN4O5/c1-18(2)39-26-10-9-22(16-24(26)30)28(36)31-23(11-13-35)15-20-5-7-21(8-6-20)25-17-33(4)27(32-25)19(3)34-12-14-38-29(34)37/h5-10,16-19,23,35H,11-15H2,1-4H3,(H,31,36)/t19-,23?/m1/s1. The molecule has 2 heterocycles. The van der Waals surface area contributed by atoms with Gasteiger partial charge in [-0.05, 0) is 57.4 Å². The van der Waals surface area contributed by atoms with Gasteiger partial charge in [0.1, 0.15) is 18.2 Å². The SMILES string of the molecule is CC(C)Oc1ccc(C(=O)NC(CCO)Cc2ccc(-c3cn(C)c([C@@H](C)N4CCOC4=O)n3)cc2)cc1Cl. The molecule has 1 unspecified atom stereocenters. The highest BCUT2D eigenvalue weighted by molar-refractivity contribution is 6.32. The van der Waals surface area contributed by atoms with Crippen LogP contribution in [0.15, 0.2) is 48.7 Å². The Kier molecular flexibility index (Phi) is 9.14. The number of cyclic esters (lactones) is 1. The first-order valence-corrected chi connectivity index (χ1v) is 13.5. The van der Waals surface area contributed by atoms with Crippen molar-refractivity contribution in [3.05, 3.63) is 70.6 Å². The number of halogens is 1. The molecule has 208 valence electrons. The molecule has 0 spiro atoms. The number of aliphatic hydroxyl groups is 1. The minimum Gasteiger partial charge on any atom is -0.489 e. The van der Waals surface area contributed by atoms with Crippen molar-refractivity contribution in [2.75, 3.05) is 19.8 Å². The molecular weight excluding hydrogens is 520 g/mol. The van der Waals surface area contributed by atoms with Crippen LogP contribution < -0.4 is 10.1 Å². The van der Waals surface area contributed by atoms with Crippen molar-refractivity contribution in [2.45, 2.75) is 51.8 Å². The number of rotatable bonds is 11. The van der Waals surface area contributed by atoms with Crippen molar-refractivity contribution in [3.63, 3.8) is 0 Å². The largest absolute Gasteiger partial charge is 0.489 e. The summed E-state index contributed by atoms with van der Waals surface area (Å²) in [5.74, 6) is 1.05. The van der Waals surface area contributed by atoms with Crippen LogP contribution in [0.1, 0.15) is 55.0 Å². The summed E-state index contributed by atoms with van der Waals surface area (Å²) in [7, 11) is 1.92. The van der Waals surface area contributed by atoms with Gasteiger partial charge < -0.3 is 24.5 Å². The summed E-state index contributed by atoms with van der Waals surface area (Å²) < 4.78 is 12.6. The lowest BCUT2D eigenvalue weighted by atomic mass is 10.0. The first-order chi connectivity index (χ1) is 18.7. The first kappa shape index (κ1) is 28.4. The second-order valence-electron chi connectivity index (χ2n) is 9.97. The quantitative estimate of drug-likeness (QED) is 0.354. The molecule has 1 aliphatic rings. The van der Waals surface area contributed by atoms with Gasteiger partial charge in [-0.2, -0.15) is 0 Å². The Morgan fingerprint density at radius 1 is 1.21 bits per heavy atom. The Balaban J connectivity index is 1.42. The van der Waals surface area contributed by atoms with E-state index in [0.717, 1.165) is 22.6 Å². The first-order valence-electron chi connectivity index (χ1n) is 13.1. The minimum absolute atomic E-state index is 0.0264. The molecule has 2 atom stereocenters. The topological polar surface area (TPSA) is 106 Å². The van der Waals surface area contributed by atoms with Crippen molar-refractivity contribution in [3.8, 4) is 17.0 Å². The number of hydrogen-bond acceptors (Lipinski definition) is 6. The van der Waals surface area contributed by atoms with Gasteiger partial charge in [-0.1, -0.05) is 35.9 Å². The number of nitrogens with one attached hydrogen (secondary N) is 1. The van der Waals surface area contributed by atoms with E-state index in [1.165, 1.54) is 0 Å². The summed E-state index contributed by atoms with van der Waals surface area (Å²) in [6.07, 6.45) is 2.56. The molecule has 1 fully saturated rings. The number of ether oxygens (including phenoxy) is 2. The maximum absolute atomic E-state index is 12.9. The summed E-state index contributed by atoms with van der Waals surface area (Å²) in [5.41, 5.74) is 3.19. The molecule has 0 aliphatic carbocycles. The number of aryl methyl sites for hydroxylation is 1. The fraction of sp³-hybridized carbons (Fsp3) is 0.414. The van der Waals surface area contributed by atoms with Gasteiger partial charge in [-0.15, -0.1) is 0 Å². The number of aliphatic hydroxyl groups excluding tert-OH is 1. The van der Waals surface area contributed by atoms with E-state index in [1.54, 1.807) is 23.1 Å². The van der Waals surface area contributed by atoms with E-state index >= 15 is 0 Å². The summed E-state index contributed by atoms with van der Waals surface area (Å²) in [6.45, 7) is 6.65. The molecule has 2 N–H and O–H groups in total. The minimum atomic E-state index is -0.318. The highest BCUT2D eigenvalue weighted by Gasteiger charge is 2.30. The molecule has 2 aromatic carbocycles. The van der Waals surface area contributed by atoms with Crippen LogP contribution in [0.4, 0.5) is 4.79 Å². The molecule has 1 aromatic heterocycles. The number of nitrogens with zero attached hydrogens (tertiary/aromatic N) is 3. The summed E-state index contributed by atoms with van der Waals surface area (Å²) in [4.78, 5) is 31.3. The predicted molar refractivity (Wildman–Crippen MR) is 149 cm³/mol. The smallest absolute Gasteiger partial charge is 0.410 e. The average molecular weight is 555 g/mol. The molecule has 2 amide bonds. The van der Waals surface area contributed by atoms with Gasteiger partial charge in [0.05, 0.1) is 29.4 Å². The van der Waals surface area contributed by atoms with Gasteiger partial charge in [0.15, 0.2) is 0 Å². The third kappa shape index (κ3) is 6.91. The van der Waals surface area contributed by atoms with Crippen LogP contribution in [-0.4, -0.2) is 63.5 Å². The van der Waals surface area contributed by atoms with E-state index in [0.29, 0.717) is 42.3 Å². The Hall–Kier alpha value is -3.56. The van der Waals surface area contributed by atoms with Crippen molar-refractivity contribution in [1.82, 2.24) is 19.8 Å². The van der Waals surface area contributed by atoms with Crippen LogP contribution >= 0.6 is 11.6 Å². The predicted octanol–water partition coefficient (Wildman–Crippen LogP) is 4.76. The Labute approximate surface area is 233 Å². The van der Waals surface area contributed by atoms with E-state index < -0.39 is 0 Å². The Morgan fingerprint density at radius 3 is 2.56 bits per heavy atom. The van der Waals surface area contributed by atoms with E-state index in [2.05, 4.69) is 5.32 Å². The maximum atomic E-state index is 12.9. The van der Waals surface area contributed by atoms with Crippen LogP contribution in [-0.2, 0) is 18.2 Å². The van der Waals surface area contributed by atoms with E-state index in [9.17, 15) is 14.7 Å². The summed E-state index contributed by atoms with van der Waals surface area (Å²) in [6, 6.07) is 12.5. The number of benzene rings is 2. The van der Waals surface area contributed by atoms with Crippen molar-refractivity contribution < 1.29 is 24.2 Å². The highest BCUT2D eigenvalue weighted by atomic mass is 35.5. The molecule has 0 bridgehead atoms. The molecule has 1 saturated heterocycles. The number of hydrogen-bond donors (Lipinski definition) is 2. The zero-order valence-electron chi connectivity index (χ0n) is 22.7. The molecule has 4 rings (SSSR count). The third-order valence-corrected chi connectivity index (χ3v) is 6.94. The highest BCUT2D eigenvalue weighted by Crippen LogP contribution is 2.28. The molecule has 0 saturated carbocycles. The number of imidazole rings is 1. The maximum Gasteiger partial charge on any atom is 0.410 e. The monoisotopic (exact) mass is 554 g/mol. The lowest BCUT2D eigenvalue weighted by Gasteiger charge is -2.20. The molecule has 39 heavy (non-hydrogen) atoms. The van der Waals surface area contributed by atoms with E-state index in [1.807, 2.05) is 62.8 Å². The van der Waals surface area contributed by atoms with Gasteiger partial charge in [0, 0.05) is 37.0 Å². The lowest BCUT2D eigenvalue weighted by molar-refractivity contribution is 0.0930. The normalized spacial score (nSPS) is 14.8. The molecule has 1 aliphatic heterocycles. The molecular formula is C29H35ClN4O5. The lowest BCUT2D eigenvalue weighted by Crippen LogP contribution is -2.37. The van der Waals surface area contributed by atoms with Crippen molar-refractivity contribution in [2.24, 2.45) is 7.05 Å². The van der Waals surface area contributed by atoms with Gasteiger partial charge >= 0.3 is 6.09 Å². The van der Waals surface area contributed by atoms with Gasteiger partial charge in [-0.3, -0.25) is 9.69 Å². The number of carbonyl (C=O) groups excluding carboxylic acids is 2. The number of amides is 2. The molecule has 9 nitrogen and oxygen atoms in total. The van der Waals surface area contributed by atoms with E-state index in [4.69, 9.17) is 26.1 Å². The Bertz CT molecular complexity index is 1310.